The molecule has 5 nitrogen and oxygen atoms in total. The predicted octanol–water partition coefficient (Wildman–Crippen LogP) is 7.18. The van der Waals surface area contributed by atoms with Gasteiger partial charge in [-0.25, -0.2) is 0 Å². The van der Waals surface area contributed by atoms with Crippen molar-refractivity contribution in [2.45, 2.75) is 32.3 Å². The van der Waals surface area contributed by atoms with E-state index in [4.69, 9.17) is 32.2 Å². The van der Waals surface area contributed by atoms with Gasteiger partial charge in [0.2, 0.25) is 0 Å². The van der Waals surface area contributed by atoms with E-state index in [9.17, 15) is 4.57 Å². The van der Waals surface area contributed by atoms with Gasteiger partial charge in [0, 0.05) is 34.4 Å². The lowest BCUT2D eigenvalue weighted by atomic mass is 9.83. The minimum atomic E-state index is -3.67. The maximum absolute atomic E-state index is 14.2. The summed E-state index contributed by atoms with van der Waals surface area (Å²) in [5.41, 5.74) is 2.11. The van der Waals surface area contributed by atoms with Crippen LogP contribution in [0.3, 0.4) is 0 Å². The van der Waals surface area contributed by atoms with Crippen molar-refractivity contribution in [3.63, 3.8) is 0 Å². The fraction of sp³-hybridized carbons (Fsp3) is 0.292. The Hall–Kier alpha value is -1.72. The van der Waals surface area contributed by atoms with Crippen molar-refractivity contribution in [3.05, 3.63) is 99.8 Å². The van der Waals surface area contributed by atoms with E-state index in [0.717, 1.165) is 11.1 Å². The fourth-order valence-electron chi connectivity index (χ4n) is 3.74. The maximum atomic E-state index is 14.2. The molecule has 8 heteroatoms. The van der Waals surface area contributed by atoms with Crippen molar-refractivity contribution >= 4 is 30.8 Å². The summed E-state index contributed by atoms with van der Waals surface area (Å²) in [7, 11) is -3.67. The molecule has 3 atom stereocenters. The Morgan fingerprint density at radius 1 is 1.12 bits per heavy atom. The number of benzene rings is 2. The number of nitrogens with one attached hydrogen (secondary N) is 1. The summed E-state index contributed by atoms with van der Waals surface area (Å²) in [6.45, 7) is 4.76. The van der Waals surface area contributed by atoms with Crippen LogP contribution >= 0.6 is 30.8 Å². The third-order valence-electron chi connectivity index (χ3n) is 5.49. The molecular weight excluding hydrogens is 466 g/mol. The first-order chi connectivity index (χ1) is 15.3. The smallest absolute Gasteiger partial charge is 0.307 e. The second-order valence-electron chi connectivity index (χ2n) is 8.51. The maximum Gasteiger partial charge on any atom is 0.352 e. The van der Waals surface area contributed by atoms with Gasteiger partial charge in [-0.1, -0.05) is 73.4 Å². The van der Waals surface area contributed by atoms with Crippen LogP contribution in [0.15, 0.2) is 73.1 Å². The van der Waals surface area contributed by atoms with E-state index in [1.54, 1.807) is 18.5 Å². The van der Waals surface area contributed by atoms with Gasteiger partial charge in [0.05, 0.1) is 12.7 Å². The molecule has 2 aromatic carbocycles. The van der Waals surface area contributed by atoms with Crippen molar-refractivity contribution in [2.24, 2.45) is 5.41 Å². The zero-order valence-corrected chi connectivity index (χ0v) is 20.3. The molecule has 1 aromatic heterocycles. The van der Waals surface area contributed by atoms with E-state index in [-0.39, 0.29) is 6.61 Å². The van der Waals surface area contributed by atoms with E-state index < -0.39 is 24.9 Å². The van der Waals surface area contributed by atoms with Gasteiger partial charge in [-0.05, 0) is 41.0 Å². The van der Waals surface area contributed by atoms with Crippen LogP contribution in [-0.2, 0) is 20.2 Å². The lowest BCUT2D eigenvalue weighted by Crippen LogP contribution is -2.36. The average Bonchev–Trinajstić information content (AvgIpc) is 2.78. The highest BCUT2D eigenvalue weighted by Crippen LogP contribution is 2.68. The predicted molar refractivity (Wildman–Crippen MR) is 128 cm³/mol. The van der Waals surface area contributed by atoms with Crippen LogP contribution in [0.4, 0.5) is 0 Å². The van der Waals surface area contributed by atoms with E-state index in [1.807, 2.05) is 68.4 Å². The molecule has 1 aliphatic heterocycles. The Labute approximate surface area is 198 Å². The zero-order chi connectivity index (χ0) is 22.8. The van der Waals surface area contributed by atoms with E-state index in [2.05, 4.69) is 10.3 Å². The summed E-state index contributed by atoms with van der Waals surface area (Å²) >= 11 is 12.6. The Bertz CT molecular complexity index is 1110. The quantitative estimate of drug-likeness (QED) is 0.370. The average molecular weight is 491 g/mol. The molecular formula is C24H25Cl2N2O3P. The topological polar surface area (TPSA) is 60.5 Å². The minimum absolute atomic E-state index is 0.271. The first-order valence-electron chi connectivity index (χ1n) is 10.3. The molecule has 4 rings (SSSR count). The first-order valence-corrected chi connectivity index (χ1v) is 12.7. The molecule has 0 aliphatic carbocycles. The van der Waals surface area contributed by atoms with Gasteiger partial charge in [0.1, 0.15) is 5.78 Å². The molecule has 0 amide bonds. The van der Waals surface area contributed by atoms with Crippen LogP contribution in [0.25, 0.3) is 0 Å². The van der Waals surface area contributed by atoms with Gasteiger partial charge in [-0.2, -0.15) is 0 Å². The molecule has 1 aliphatic rings. The lowest BCUT2D eigenvalue weighted by molar-refractivity contribution is -0.0304. The number of pyridine rings is 1. The van der Waals surface area contributed by atoms with Crippen LogP contribution in [0.5, 0.6) is 0 Å². The summed E-state index contributed by atoms with van der Waals surface area (Å²) < 4.78 is 26.6. The summed E-state index contributed by atoms with van der Waals surface area (Å²) in [5.74, 6) is -0.748. The SMILES string of the molecule is CC1(C)CO[P@](=O)([C@@H](NCc2cccnc2)c2ccccc2Cl)O[C@H]1c1ccc(Cl)cc1. The van der Waals surface area contributed by atoms with Crippen molar-refractivity contribution in [1.29, 1.82) is 0 Å². The van der Waals surface area contributed by atoms with Gasteiger partial charge in [0.15, 0.2) is 0 Å². The highest BCUT2D eigenvalue weighted by molar-refractivity contribution is 7.54. The number of hydrogen-bond donors (Lipinski definition) is 1. The number of aromatic nitrogens is 1. The van der Waals surface area contributed by atoms with Crippen LogP contribution in [0, 0.1) is 5.41 Å². The van der Waals surface area contributed by atoms with Gasteiger partial charge >= 0.3 is 7.60 Å². The van der Waals surface area contributed by atoms with E-state index >= 15 is 0 Å². The monoisotopic (exact) mass is 490 g/mol. The van der Waals surface area contributed by atoms with Gasteiger partial charge in [-0.3, -0.25) is 19.4 Å². The number of nitrogens with zero attached hydrogens (tertiary/aromatic N) is 1. The molecule has 0 unspecified atom stereocenters. The standard InChI is InChI=1S/C24H25Cl2N2O3P/c1-24(2)16-30-32(29,31-22(24)18-9-11-19(25)12-10-18)23(20-7-3-4-8-21(20)26)28-15-17-6-5-13-27-14-17/h3-14,22-23,28H,15-16H2,1-2H3/t22-,23+,32+/m0/s1. The molecule has 1 fully saturated rings. The van der Waals surface area contributed by atoms with Crippen LogP contribution in [0.2, 0.25) is 10.0 Å². The Morgan fingerprint density at radius 2 is 1.88 bits per heavy atom. The zero-order valence-electron chi connectivity index (χ0n) is 17.9. The van der Waals surface area contributed by atoms with Crippen molar-refractivity contribution < 1.29 is 13.6 Å². The Morgan fingerprint density at radius 3 is 2.56 bits per heavy atom. The number of hydrogen-bond acceptors (Lipinski definition) is 5. The summed E-state index contributed by atoms with van der Waals surface area (Å²) in [4.78, 5) is 4.15. The largest absolute Gasteiger partial charge is 0.352 e. The molecule has 1 saturated heterocycles. The molecule has 0 radical (unpaired) electrons. The summed E-state index contributed by atoms with van der Waals surface area (Å²) in [6, 6.07) is 18.5. The molecule has 168 valence electrons. The molecule has 0 bridgehead atoms. The minimum Gasteiger partial charge on any atom is -0.307 e. The second-order valence-corrected chi connectivity index (χ2v) is 11.4. The molecule has 2 heterocycles. The highest BCUT2D eigenvalue weighted by Gasteiger charge is 2.49. The lowest BCUT2D eigenvalue weighted by Gasteiger charge is -2.44. The molecule has 0 saturated carbocycles. The van der Waals surface area contributed by atoms with Gasteiger partial charge in [0.25, 0.3) is 0 Å². The van der Waals surface area contributed by atoms with Gasteiger partial charge in [-0.15, -0.1) is 0 Å². The van der Waals surface area contributed by atoms with Gasteiger partial charge < -0.3 is 4.52 Å². The van der Waals surface area contributed by atoms with E-state index in [0.29, 0.717) is 22.2 Å². The van der Waals surface area contributed by atoms with Crippen molar-refractivity contribution in [3.8, 4) is 0 Å². The Balaban J connectivity index is 1.69. The van der Waals surface area contributed by atoms with Crippen LogP contribution in [0.1, 0.15) is 42.4 Å². The van der Waals surface area contributed by atoms with Crippen molar-refractivity contribution in [1.82, 2.24) is 10.3 Å². The first kappa shape index (κ1) is 23.4. The highest BCUT2D eigenvalue weighted by atomic mass is 35.5. The molecule has 3 aromatic rings. The third-order valence-corrected chi connectivity index (χ3v) is 8.17. The van der Waals surface area contributed by atoms with Crippen molar-refractivity contribution in [2.75, 3.05) is 6.61 Å². The fourth-order valence-corrected chi connectivity index (χ4v) is 6.62. The molecule has 32 heavy (non-hydrogen) atoms. The Kier molecular flexibility index (Phi) is 7.06. The third kappa shape index (κ3) is 5.09. The summed E-state index contributed by atoms with van der Waals surface area (Å²) in [5, 5.41) is 4.48. The summed E-state index contributed by atoms with van der Waals surface area (Å²) in [6.07, 6.45) is 3.03. The normalized spacial score (nSPS) is 23.6. The van der Waals surface area contributed by atoms with E-state index in [1.165, 1.54) is 0 Å². The van der Waals surface area contributed by atoms with Crippen LogP contribution in [-0.4, -0.2) is 11.6 Å². The second kappa shape index (κ2) is 9.64. The van der Waals surface area contributed by atoms with Crippen LogP contribution < -0.4 is 5.32 Å². The molecule has 0 spiro atoms. The molecule has 1 N–H and O–H groups in total. The number of rotatable bonds is 6. The number of halogens is 2.